The number of nitrogens with zero attached hydrogens (tertiary/aromatic N) is 1. The molecule has 4 nitrogen and oxygen atoms in total. The Bertz CT molecular complexity index is 606. The van der Waals surface area contributed by atoms with Crippen molar-refractivity contribution in [1.82, 2.24) is 4.31 Å². The molecule has 0 saturated heterocycles. The molecule has 1 aromatic rings. The fraction of sp³-hybridized carbons (Fsp3) is 0.571. The summed E-state index contributed by atoms with van der Waals surface area (Å²) in [6, 6.07) is 4.46. The van der Waals surface area contributed by atoms with Gasteiger partial charge < -0.3 is 5.11 Å². The number of benzene rings is 1. The maximum atomic E-state index is 12.5. The van der Waals surface area contributed by atoms with Crippen molar-refractivity contribution in [2.24, 2.45) is 0 Å². The van der Waals surface area contributed by atoms with Crippen molar-refractivity contribution in [2.75, 3.05) is 7.05 Å². The molecule has 0 amide bonds. The molecule has 1 saturated carbocycles. The van der Waals surface area contributed by atoms with Gasteiger partial charge in [0.2, 0.25) is 10.0 Å². The minimum absolute atomic E-state index is 0.149. The molecule has 2 rings (SSSR count). The Hall–Kier alpha value is -0.330. The molecule has 0 bridgehead atoms. The van der Waals surface area contributed by atoms with Crippen molar-refractivity contribution >= 4 is 33.2 Å². The maximum absolute atomic E-state index is 12.5. The summed E-state index contributed by atoms with van der Waals surface area (Å²) in [6.45, 7) is 0. The Morgan fingerprint density at radius 2 is 1.90 bits per heavy atom. The minimum atomic E-state index is -3.50. The smallest absolute Gasteiger partial charge is 0.218 e. The van der Waals surface area contributed by atoms with Crippen molar-refractivity contribution in [1.29, 1.82) is 0 Å². The van der Waals surface area contributed by atoms with Crippen molar-refractivity contribution < 1.29 is 13.5 Å². The normalized spacial score (nSPS) is 23.5. The summed E-state index contributed by atoms with van der Waals surface area (Å²) in [6.07, 6.45) is 2.63. The molecule has 1 fully saturated rings. The number of aliphatic hydroxyl groups excluding tert-OH is 1. The summed E-state index contributed by atoms with van der Waals surface area (Å²) in [5, 5.41) is 10.7. The lowest BCUT2D eigenvalue weighted by Gasteiger charge is -2.34. The van der Waals surface area contributed by atoms with Crippen LogP contribution < -0.4 is 0 Å². The van der Waals surface area contributed by atoms with Gasteiger partial charge in [0.05, 0.1) is 27.9 Å². The second-order valence-corrected chi connectivity index (χ2v) is 8.28. The van der Waals surface area contributed by atoms with Gasteiger partial charge in [-0.05, 0) is 30.5 Å². The summed E-state index contributed by atoms with van der Waals surface area (Å²) in [5.41, 5.74) is 0.585. The highest BCUT2D eigenvalue weighted by Gasteiger charge is 2.33. The second-order valence-electron chi connectivity index (χ2n) is 5.44. The Labute approximate surface area is 135 Å². The predicted octanol–water partition coefficient (Wildman–Crippen LogP) is 3.06. The number of hydrogen-bond acceptors (Lipinski definition) is 3. The van der Waals surface area contributed by atoms with Crippen LogP contribution in [0.2, 0.25) is 10.0 Å². The van der Waals surface area contributed by atoms with Gasteiger partial charge in [-0.2, -0.15) is 4.31 Å². The molecule has 0 aromatic heterocycles. The average Bonchev–Trinajstić information content (AvgIpc) is 2.42. The third-order valence-corrected chi connectivity index (χ3v) is 6.52. The van der Waals surface area contributed by atoms with E-state index in [1.165, 1.54) is 11.4 Å². The van der Waals surface area contributed by atoms with E-state index in [0.29, 0.717) is 28.5 Å². The van der Waals surface area contributed by atoms with E-state index in [2.05, 4.69) is 0 Å². The Balaban J connectivity index is 2.15. The van der Waals surface area contributed by atoms with Gasteiger partial charge in [-0.15, -0.1) is 0 Å². The van der Waals surface area contributed by atoms with E-state index in [-0.39, 0.29) is 11.8 Å². The average molecular weight is 352 g/mol. The lowest BCUT2D eigenvalue weighted by Crippen LogP contribution is -2.46. The molecule has 1 aromatic carbocycles. The van der Waals surface area contributed by atoms with Crippen LogP contribution >= 0.6 is 23.2 Å². The zero-order valence-electron chi connectivity index (χ0n) is 11.8. The van der Waals surface area contributed by atoms with Gasteiger partial charge in [-0.1, -0.05) is 42.1 Å². The van der Waals surface area contributed by atoms with E-state index >= 15 is 0 Å². The zero-order valence-corrected chi connectivity index (χ0v) is 14.1. The van der Waals surface area contributed by atoms with Gasteiger partial charge in [0.1, 0.15) is 0 Å². The molecule has 2 atom stereocenters. The predicted molar refractivity (Wildman–Crippen MR) is 85.1 cm³/mol. The van der Waals surface area contributed by atoms with E-state index in [1.54, 1.807) is 18.2 Å². The molecule has 1 aliphatic rings. The molecule has 0 aliphatic heterocycles. The van der Waals surface area contributed by atoms with Crippen LogP contribution in [0.1, 0.15) is 31.2 Å². The van der Waals surface area contributed by atoms with E-state index in [0.717, 1.165) is 12.8 Å². The van der Waals surface area contributed by atoms with Gasteiger partial charge in [-0.25, -0.2) is 8.42 Å². The fourth-order valence-electron chi connectivity index (χ4n) is 2.66. The largest absolute Gasteiger partial charge is 0.391 e. The molecule has 0 unspecified atom stereocenters. The van der Waals surface area contributed by atoms with Crippen LogP contribution in [0, 0.1) is 0 Å². The van der Waals surface area contributed by atoms with E-state index < -0.39 is 16.1 Å². The summed E-state index contributed by atoms with van der Waals surface area (Å²) in [5.74, 6) is -0.149. The number of hydrogen-bond donors (Lipinski definition) is 1. The summed E-state index contributed by atoms with van der Waals surface area (Å²) >= 11 is 11.7. The van der Waals surface area contributed by atoms with Gasteiger partial charge in [0.15, 0.2) is 0 Å². The summed E-state index contributed by atoms with van der Waals surface area (Å²) in [7, 11) is -1.97. The van der Waals surface area contributed by atoms with Crippen molar-refractivity contribution in [3.8, 4) is 0 Å². The highest BCUT2D eigenvalue weighted by atomic mass is 35.5. The number of halogens is 2. The molecule has 1 N–H and O–H groups in total. The molecular formula is C14H19Cl2NO3S. The van der Waals surface area contributed by atoms with Crippen LogP contribution in [0.25, 0.3) is 0 Å². The Morgan fingerprint density at radius 1 is 1.24 bits per heavy atom. The first kappa shape index (κ1) is 17.0. The van der Waals surface area contributed by atoms with Crippen molar-refractivity contribution in [2.45, 2.75) is 43.6 Å². The van der Waals surface area contributed by atoms with Crippen LogP contribution in [0.5, 0.6) is 0 Å². The van der Waals surface area contributed by atoms with Crippen LogP contribution in [0.3, 0.4) is 0 Å². The van der Waals surface area contributed by atoms with E-state index in [9.17, 15) is 13.5 Å². The number of aliphatic hydroxyl groups is 1. The van der Waals surface area contributed by atoms with Crippen LogP contribution in [0.15, 0.2) is 18.2 Å². The molecule has 118 valence electrons. The van der Waals surface area contributed by atoms with E-state index in [1.807, 2.05) is 0 Å². The lowest BCUT2D eigenvalue weighted by atomic mass is 9.93. The van der Waals surface area contributed by atoms with Gasteiger partial charge in [0.25, 0.3) is 0 Å². The highest BCUT2D eigenvalue weighted by Crippen LogP contribution is 2.27. The maximum Gasteiger partial charge on any atom is 0.218 e. The first-order valence-corrected chi connectivity index (χ1v) is 9.25. The van der Waals surface area contributed by atoms with Gasteiger partial charge in [0, 0.05) is 7.05 Å². The summed E-state index contributed by atoms with van der Waals surface area (Å²) in [4.78, 5) is 0. The van der Waals surface area contributed by atoms with Crippen LogP contribution in [-0.4, -0.2) is 37.0 Å². The molecule has 1 aliphatic carbocycles. The number of likely N-dealkylation sites (N-methyl/N-ethyl adjacent to an activating group) is 1. The first-order valence-electron chi connectivity index (χ1n) is 6.89. The van der Waals surface area contributed by atoms with Crippen molar-refractivity contribution in [3.63, 3.8) is 0 Å². The molecule has 21 heavy (non-hydrogen) atoms. The molecule has 7 heteroatoms. The third kappa shape index (κ3) is 4.11. The Kier molecular flexibility index (Phi) is 5.54. The molecule has 0 radical (unpaired) electrons. The number of rotatable bonds is 4. The second kappa shape index (κ2) is 6.84. The zero-order chi connectivity index (χ0) is 15.6. The quantitative estimate of drug-likeness (QED) is 0.906. The standard InChI is InChI=1S/C14H19Cl2NO3S/c1-17(13-4-2-3-5-14(13)18)21(19,20)9-10-6-7-11(15)12(16)8-10/h6-8,13-14,18H,2-5,9H2,1H3/t13-,14+/m0/s1. The summed E-state index contributed by atoms with van der Waals surface area (Å²) < 4.78 is 26.3. The SMILES string of the molecule is CN([C@H]1CCCC[C@H]1O)S(=O)(=O)Cc1ccc(Cl)c(Cl)c1. The highest BCUT2D eigenvalue weighted by molar-refractivity contribution is 7.88. The van der Waals surface area contributed by atoms with Crippen LogP contribution in [0.4, 0.5) is 0 Å². The molecular weight excluding hydrogens is 333 g/mol. The van der Waals surface area contributed by atoms with E-state index in [4.69, 9.17) is 23.2 Å². The topological polar surface area (TPSA) is 57.6 Å². The lowest BCUT2D eigenvalue weighted by molar-refractivity contribution is 0.0637. The van der Waals surface area contributed by atoms with Crippen LogP contribution in [-0.2, 0) is 15.8 Å². The van der Waals surface area contributed by atoms with Crippen molar-refractivity contribution in [3.05, 3.63) is 33.8 Å². The fourth-order valence-corrected chi connectivity index (χ4v) is 4.45. The molecule has 0 heterocycles. The number of sulfonamides is 1. The third-order valence-electron chi connectivity index (χ3n) is 3.93. The van der Waals surface area contributed by atoms with Gasteiger partial charge >= 0.3 is 0 Å². The minimum Gasteiger partial charge on any atom is -0.391 e. The monoisotopic (exact) mass is 351 g/mol. The molecule has 0 spiro atoms. The first-order chi connectivity index (χ1) is 9.81. The van der Waals surface area contributed by atoms with Gasteiger partial charge in [-0.3, -0.25) is 0 Å². The Morgan fingerprint density at radius 3 is 2.52 bits per heavy atom.